The molecule has 0 radical (unpaired) electrons. The van der Waals surface area contributed by atoms with Gasteiger partial charge in [-0.2, -0.15) is 10.2 Å². The van der Waals surface area contributed by atoms with E-state index in [-0.39, 0.29) is 0 Å². The molecule has 0 fully saturated rings. The fraction of sp³-hybridized carbons (Fsp3) is 0.333. The van der Waals surface area contributed by atoms with E-state index >= 15 is 0 Å². The number of rotatable bonds is 0. The van der Waals surface area contributed by atoms with Gasteiger partial charge in [-0.15, -0.1) is 6.42 Å². The number of azo groups is 1. The van der Waals surface area contributed by atoms with Crippen molar-refractivity contribution in [2.24, 2.45) is 10.2 Å². The maximum absolute atomic E-state index is 5.11. The van der Waals surface area contributed by atoms with Crippen molar-refractivity contribution in [3.8, 4) is 12.3 Å². The molecule has 1 unspecified atom stereocenters. The van der Waals surface area contributed by atoms with Crippen LogP contribution in [0.1, 0.15) is 6.92 Å². The molecule has 1 heterocycles. The lowest BCUT2D eigenvalue weighted by atomic mass is 10.1. The van der Waals surface area contributed by atoms with E-state index in [2.05, 4.69) is 16.1 Å². The van der Waals surface area contributed by atoms with E-state index in [1.54, 1.807) is 12.3 Å². The van der Waals surface area contributed by atoms with Crippen LogP contribution in [0.2, 0.25) is 0 Å². The average molecular weight is 106 g/mol. The molecule has 0 aliphatic carbocycles. The Morgan fingerprint density at radius 1 is 1.75 bits per heavy atom. The highest BCUT2D eigenvalue weighted by Crippen LogP contribution is 2.16. The average Bonchev–Trinajstić information content (AvgIpc) is 2.17. The van der Waals surface area contributed by atoms with Crippen LogP contribution in [0.5, 0.6) is 0 Å². The summed E-state index contributed by atoms with van der Waals surface area (Å²) in [4.78, 5) is 0. The topological polar surface area (TPSA) is 24.7 Å². The van der Waals surface area contributed by atoms with Gasteiger partial charge in [0.15, 0.2) is 5.54 Å². The molecule has 8 heavy (non-hydrogen) atoms. The largest absolute Gasteiger partial charge is 0.165 e. The van der Waals surface area contributed by atoms with E-state index in [0.717, 1.165) is 0 Å². The number of hydrogen-bond donors (Lipinski definition) is 0. The minimum Gasteiger partial charge on any atom is -0.165 e. The molecule has 0 saturated heterocycles. The van der Waals surface area contributed by atoms with Crippen LogP contribution in [0.3, 0.4) is 0 Å². The molecular weight excluding hydrogens is 100 g/mol. The molecule has 0 amide bonds. The summed E-state index contributed by atoms with van der Waals surface area (Å²) in [5.41, 5.74) is -0.458. The lowest BCUT2D eigenvalue weighted by molar-refractivity contribution is 0.748. The normalized spacial score (nSPS) is 33.0. The van der Waals surface area contributed by atoms with Gasteiger partial charge in [-0.3, -0.25) is 0 Å². The van der Waals surface area contributed by atoms with E-state index in [1.807, 2.05) is 6.92 Å². The number of hydrogen-bond acceptors (Lipinski definition) is 2. The zero-order chi connectivity index (χ0) is 6.04. The van der Waals surface area contributed by atoms with Gasteiger partial charge in [0.1, 0.15) is 0 Å². The Labute approximate surface area is 48.3 Å². The zero-order valence-corrected chi connectivity index (χ0v) is 4.63. The minimum absolute atomic E-state index is 0.458. The molecule has 1 rings (SSSR count). The highest BCUT2D eigenvalue weighted by Gasteiger charge is 2.17. The first kappa shape index (κ1) is 5.04. The first-order valence-corrected chi connectivity index (χ1v) is 2.34. The number of terminal acetylenes is 1. The van der Waals surface area contributed by atoms with Gasteiger partial charge < -0.3 is 0 Å². The summed E-state index contributed by atoms with van der Waals surface area (Å²) in [5.74, 6) is 2.49. The molecule has 1 atom stereocenters. The standard InChI is InChI=1S/C6H6N2/c1-3-6(2)4-5-7-8-6/h1,4-5H,2H3. The summed E-state index contributed by atoms with van der Waals surface area (Å²) >= 11 is 0. The predicted molar refractivity (Wildman–Crippen MR) is 31.2 cm³/mol. The van der Waals surface area contributed by atoms with E-state index in [4.69, 9.17) is 6.42 Å². The molecule has 1 aliphatic rings. The van der Waals surface area contributed by atoms with Crippen LogP contribution in [0.15, 0.2) is 22.5 Å². The van der Waals surface area contributed by atoms with Crippen LogP contribution in [-0.4, -0.2) is 5.54 Å². The van der Waals surface area contributed by atoms with E-state index < -0.39 is 5.54 Å². The smallest absolute Gasteiger partial charge is 0.159 e. The van der Waals surface area contributed by atoms with Crippen molar-refractivity contribution in [3.05, 3.63) is 12.3 Å². The summed E-state index contributed by atoms with van der Waals surface area (Å²) in [7, 11) is 0. The van der Waals surface area contributed by atoms with Crippen molar-refractivity contribution in [1.29, 1.82) is 0 Å². The Bertz CT molecular complexity index is 171. The second-order valence-electron chi connectivity index (χ2n) is 1.82. The molecule has 2 heteroatoms. The third-order valence-corrected chi connectivity index (χ3v) is 1.02. The first-order valence-electron chi connectivity index (χ1n) is 2.34. The van der Waals surface area contributed by atoms with E-state index in [1.165, 1.54) is 0 Å². The van der Waals surface area contributed by atoms with Crippen molar-refractivity contribution in [3.63, 3.8) is 0 Å². The van der Waals surface area contributed by atoms with Gasteiger partial charge in [0.05, 0.1) is 0 Å². The van der Waals surface area contributed by atoms with Crippen molar-refractivity contribution < 1.29 is 0 Å². The second kappa shape index (κ2) is 1.45. The summed E-state index contributed by atoms with van der Waals surface area (Å²) in [6, 6.07) is 0. The maximum atomic E-state index is 5.11. The molecule has 0 saturated carbocycles. The lowest BCUT2D eigenvalue weighted by Crippen LogP contribution is -2.10. The molecule has 0 spiro atoms. The van der Waals surface area contributed by atoms with Crippen molar-refractivity contribution >= 4 is 0 Å². The van der Waals surface area contributed by atoms with Crippen LogP contribution in [0.4, 0.5) is 0 Å². The third-order valence-electron chi connectivity index (χ3n) is 1.02. The van der Waals surface area contributed by atoms with Crippen LogP contribution in [0, 0.1) is 12.3 Å². The Balaban J connectivity index is 2.89. The second-order valence-corrected chi connectivity index (χ2v) is 1.82. The number of nitrogens with zero attached hydrogens (tertiary/aromatic N) is 2. The monoisotopic (exact) mass is 106 g/mol. The lowest BCUT2D eigenvalue weighted by Gasteiger charge is -2.03. The SMILES string of the molecule is C#CC1(C)C=CN=N1. The maximum Gasteiger partial charge on any atom is 0.159 e. The predicted octanol–water partition coefficient (Wildman–Crippen LogP) is 1.36. The summed E-state index contributed by atoms with van der Waals surface area (Å²) in [6.45, 7) is 1.83. The van der Waals surface area contributed by atoms with Gasteiger partial charge in [-0.1, -0.05) is 5.92 Å². The molecule has 0 aromatic rings. The third kappa shape index (κ3) is 0.627. The van der Waals surface area contributed by atoms with Crippen LogP contribution in [-0.2, 0) is 0 Å². The quantitative estimate of drug-likeness (QED) is 0.416. The molecule has 0 aromatic carbocycles. The van der Waals surface area contributed by atoms with Gasteiger partial charge in [0.2, 0.25) is 0 Å². The Morgan fingerprint density at radius 2 is 2.50 bits per heavy atom. The summed E-state index contributed by atoms with van der Waals surface area (Å²) in [5, 5.41) is 7.37. The van der Waals surface area contributed by atoms with Crippen molar-refractivity contribution in [1.82, 2.24) is 0 Å². The van der Waals surface area contributed by atoms with Crippen LogP contribution >= 0.6 is 0 Å². The molecule has 0 N–H and O–H groups in total. The first-order chi connectivity index (χ1) is 3.77. The summed E-state index contributed by atoms with van der Waals surface area (Å²) < 4.78 is 0. The van der Waals surface area contributed by atoms with E-state index in [9.17, 15) is 0 Å². The van der Waals surface area contributed by atoms with Gasteiger partial charge in [-0.25, -0.2) is 0 Å². The van der Waals surface area contributed by atoms with Crippen molar-refractivity contribution in [2.75, 3.05) is 0 Å². The zero-order valence-electron chi connectivity index (χ0n) is 4.63. The molecule has 0 bridgehead atoms. The fourth-order valence-corrected chi connectivity index (χ4v) is 0.442. The molecule has 2 nitrogen and oxygen atoms in total. The Kier molecular flexibility index (Phi) is 0.911. The molecule has 0 aromatic heterocycles. The molecular formula is C6H6N2. The van der Waals surface area contributed by atoms with Gasteiger partial charge in [0.25, 0.3) is 0 Å². The van der Waals surface area contributed by atoms with E-state index in [0.29, 0.717) is 0 Å². The van der Waals surface area contributed by atoms with Crippen LogP contribution < -0.4 is 0 Å². The molecule has 40 valence electrons. The van der Waals surface area contributed by atoms with Crippen molar-refractivity contribution in [2.45, 2.75) is 12.5 Å². The van der Waals surface area contributed by atoms with Gasteiger partial charge in [-0.05, 0) is 13.0 Å². The highest BCUT2D eigenvalue weighted by atomic mass is 15.2. The van der Waals surface area contributed by atoms with Gasteiger partial charge >= 0.3 is 0 Å². The highest BCUT2D eigenvalue weighted by molar-refractivity contribution is 5.23. The van der Waals surface area contributed by atoms with Crippen LogP contribution in [0.25, 0.3) is 0 Å². The Hall–Kier alpha value is -1.10. The van der Waals surface area contributed by atoms with Gasteiger partial charge in [0, 0.05) is 6.20 Å². The minimum atomic E-state index is -0.458. The fourth-order valence-electron chi connectivity index (χ4n) is 0.442. The summed E-state index contributed by atoms with van der Waals surface area (Å²) in [6.07, 6.45) is 8.51. The Morgan fingerprint density at radius 3 is 2.75 bits per heavy atom. The molecule has 1 aliphatic heterocycles.